The molecule has 2 heterocycles. The Morgan fingerprint density at radius 2 is 1.35 bits per heavy atom. The third-order valence-electron chi connectivity index (χ3n) is 14.7. The summed E-state index contributed by atoms with van der Waals surface area (Å²) in [5.41, 5.74) is -0.468. The van der Waals surface area contributed by atoms with Crippen molar-refractivity contribution in [3.8, 4) is 11.5 Å². The fourth-order valence-corrected chi connectivity index (χ4v) is 11.5. The molecule has 0 spiro atoms. The Balaban J connectivity index is 1.17. The van der Waals surface area contributed by atoms with E-state index in [1.807, 2.05) is 61.5 Å². The number of alkyl carbamates (subject to hydrolysis) is 1. The Hall–Kier alpha value is -5.05. The minimum Gasteiger partial charge on any atom is -0.497 e. The van der Waals surface area contributed by atoms with Crippen LogP contribution in [0.15, 0.2) is 54.6 Å². The van der Waals surface area contributed by atoms with Gasteiger partial charge < -0.3 is 43.2 Å². The van der Waals surface area contributed by atoms with Gasteiger partial charge in [-0.25, -0.2) is 19.2 Å². The number of carbonyl (C=O) groups excluding carboxylic acids is 5. The van der Waals surface area contributed by atoms with Crippen molar-refractivity contribution in [2.45, 2.75) is 193 Å². The molecular weight excluding hydrogens is 909 g/mol. The van der Waals surface area contributed by atoms with Gasteiger partial charge in [0.05, 0.1) is 13.0 Å². The first-order chi connectivity index (χ1) is 33.7. The zero-order valence-electron chi connectivity index (χ0n) is 44.0. The van der Waals surface area contributed by atoms with Crippen molar-refractivity contribution in [1.82, 2.24) is 10.2 Å². The smallest absolute Gasteiger partial charge is 0.412 e. The fourth-order valence-electron chi connectivity index (χ4n) is 11.5. The maximum absolute atomic E-state index is 14.7. The second-order valence-corrected chi connectivity index (χ2v) is 22.5. The zero-order valence-corrected chi connectivity index (χ0v) is 44.0. The molecule has 6 rings (SSSR count). The topological polar surface area (TPSA) is 174 Å². The number of hydrogen-bond acceptors (Lipinski definition) is 13. The molecule has 1 N–H and O–H groups in total. The van der Waals surface area contributed by atoms with E-state index in [0.717, 1.165) is 62.7 Å². The minimum absolute atomic E-state index is 0.0620. The molecule has 2 saturated heterocycles. The highest BCUT2D eigenvalue weighted by atomic mass is 16.6. The second-order valence-electron chi connectivity index (χ2n) is 22.5. The molecule has 15 heteroatoms. The number of para-hydroxylation sites is 1. The quantitative estimate of drug-likeness (QED) is 0.108. The standard InChI is InChI=1S/C56H82N2O13/c1-35-48(68-43-19-12-11-13-20-43)41(17-14-23-46(51(60)66-35)57-53(62)70-55(3,4)5)33-38-25-28-39(32-38)44-21-16-22-45(44)50(59)69-49-36(2)67-52(61)47(58(34-64-9)54(63)71-56(6,7)8)24-15-18-40(49)31-37-26-29-42(65-10)30-27-37/h11-13,19-20,26-27,29-30,35-36,38-41,44-49H,14-18,21-25,28,31-34H2,1-10H3,(H,57,62)/t35-,36-,38?,39?,40+,41+,44?,45?,46-,47-,48-,49-/m0/s1. The van der Waals surface area contributed by atoms with Gasteiger partial charge in [0.2, 0.25) is 0 Å². The highest BCUT2D eigenvalue weighted by Gasteiger charge is 2.46. The molecule has 0 radical (unpaired) electrons. The Morgan fingerprint density at radius 3 is 2.03 bits per heavy atom. The van der Waals surface area contributed by atoms with E-state index < -0.39 is 71.8 Å². The van der Waals surface area contributed by atoms with Gasteiger partial charge in [-0.3, -0.25) is 9.69 Å². The monoisotopic (exact) mass is 991 g/mol. The number of hydrogen-bond donors (Lipinski definition) is 1. The van der Waals surface area contributed by atoms with Crippen molar-refractivity contribution in [2.75, 3.05) is 21.0 Å². The van der Waals surface area contributed by atoms with Crippen LogP contribution < -0.4 is 14.8 Å². The fraction of sp³-hybridized carbons (Fsp3) is 0.696. The first-order valence-corrected chi connectivity index (χ1v) is 26.2. The Bertz CT molecular complexity index is 2050. The summed E-state index contributed by atoms with van der Waals surface area (Å²) in [5.74, 6) is 0.533. The van der Waals surface area contributed by atoms with Gasteiger partial charge in [-0.1, -0.05) is 56.0 Å². The van der Waals surface area contributed by atoms with Crippen molar-refractivity contribution < 1.29 is 61.9 Å². The van der Waals surface area contributed by atoms with Crippen molar-refractivity contribution in [2.24, 2.45) is 35.5 Å². The molecule has 2 aromatic rings. The summed E-state index contributed by atoms with van der Waals surface area (Å²) < 4.78 is 47.7. The van der Waals surface area contributed by atoms with Crippen LogP contribution in [0.25, 0.3) is 0 Å². The van der Waals surface area contributed by atoms with Crippen LogP contribution >= 0.6 is 0 Å². The number of amides is 2. The minimum atomic E-state index is -0.957. The molecule has 0 aromatic heterocycles. The van der Waals surface area contributed by atoms with Crippen molar-refractivity contribution >= 4 is 30.1 Å². The maximum Gasteiger partial charge on any atom is 0.412 e. The highest BCUT2D eigenvalue weighted by Crippen LogP contribution is 2.49. The lowest BCUT2D eigenvalue weighted by Gasteiger charge is -2.34. The molecule has 2 aliphatic carbocycles. The SMILES string of the molecule is COCN(C(=O)OC(C)(C)C)[C@H]1CCC[C@H](Cc2ccc(OC)cc2)[C@@H](OC(=O)C2CCCC2C2CCC(C[C@H]3CCC[C@H](NC(=O)OC(C)(C)C)C(=O)O[C@@H](C)[C@@H]3Oc3ccccc3)C2)[C@H](C)OC1=O. The van der Waals surface area contributed by atoms with E-state index in [0.29, 0.717) is 56.1 Å². The van der Waals surface area contributed by atoms with E-state index in [-0.39, 0.29) is 36.4 Å². The first-order valence-electron chi connectivity index (χ1n) is 26.2. The van der Waals surface area contributed by atoms with Gasteiger partial charge in [0.25, 0.3) is 0 Å². The molecule has 2 aliphatic heterocycles. The molecule has 2 aromatic carbocycles. The summed E-state index contributed by atoms with van der Waals surface area (Å²) in [7, 11) is 3.09. The van der Waals surface area contributed by atoms with E-state index in [1.54, 1.807) is 55.6 Å². The number of rotatable bonds is 14. The lowest BCUT2D eigenvalue weighted by atomic mass is 9.80. The molecular formula is C56H82N2O13. The number of carbonyl (C=O) groups is 5. The normalized spacial score (nSPS) is 29.8. The van der Waals surface area contributed by atoms with Gasteiger partial charge in [-0.15, -0.1) is 0 Å². The van der Waals surface area contributed by atoms with E-state index in [9.17, 15) is 24.0 Å². The summed E-state index contributed by atoms with van der Waals surface area (Å²) in [6.45, 7) is 14.2. The zero-order chi connectivity index (χ0) is 51.5. The average molecular weight is 991 g/mol. The van der Waals surface area contributed by atoms with E-state index >= 15 is 0 Å². The Kier molecular flexibility index (Phi) is 19.5. The van der Waals surface area contributed by atoms with Gasteiger partial charge in [0.15, 0.2) is 0 Å². The third-order valence-corrected chi connectivity index (χ3v) is 14.7. The molecule has 394 valence electrons. The van der Waals surface area contributed by atoms with E-state index in [1.165, 1.54) is 12.0 Å². The van der Waals surface area contributed by atoms with Crippen LogP contribution in [0, 0.1) is 35.5 Å². The van der Waals surface area contributed by atoms with Crippen LogP contribution in [0.1, 0.15) is 144 Å². The molecule has 0 bridgehead atoms. The van der Waals surface area contributed by atoms with Crippen LogP contribution in [0.2, 0.25) is 0 Å². The number of methoxy groups -OCH3 is 2. The number of nitrogens with zero attached hydrogens (tertiary/aromatic N) is 1. The predicted octanol–water partition coefficient (Wildman–Crippen LogP) is 10.4. The second kappa shape index (κ2) is 25.1. The molecule has 4 unspecified atom stereocenters. The van der Waals surface area contributed by atoms with Gasteiger partial charge >= 0.3 is 30.1 Å². The highest BCUT2D eigenvalue weighted by molar-refractivity contribution is 5.82. The Morgan fingerprint density at radius 1 is 0.704 bits per heavy atom. The number of benzene rings is 2. The summed E-state index contributed by atoms with van der Waals surface area (Å²) in [4.78, 5) is 69.9. The van der Waals surface area contributed by atoms with Crippen LogP contribution in [0.5, 0.6) is 11.5 Å². The van der Waals surface area contributed by atoms with Gasteiger partial charge in [-0.05, 0) is 173 Å². The van der Waals surface area contributed by atoms with Gasteiger partial charge in [-0.2, -0.15) is 0 Å². The van der Waals surface area contributed by atoms with Crippen molar-refractivity contribution in [3.63, 3.8) is 0 Å². The van der Waals surface area contributed by atoms with E-state index in [4.69, 9.17) is 37.9 Å². The number of cyclic esters (lactones) is 2. The van der Waals surface area contributed by atoms with E-state index in [2.05, 4.69) is 5.32 Å². The summed E-state index contributed by atoms with van der Waals surface area (Å²) in [6, 6.07) is 15.7. The van der Waals surface area contributed by atoms with Crippen molar-refractivity contribution in [1.29, 1.82) is 0 Å². The van der Waals surface area contributed by atoms with Crippen LogP contribution in [-0.2, 0) is 49.2 Å². The van der Waals surface area contributed by atoms with Gasteiger partial charge in [0, 0.05) is 13.0 Å². The molecule has 4 fully saturated rings. The molecule has 2 saturated carbocycles. The third kappa shape index (κ3) is 16.0. The molecule has 2 amide bonds. The summed E-state index contributed by atoms with van der Waals surface area (Å²) in [6.07, 6.45) is 6.51. The lowest BCUT2D eigenvalue weighted by Crippen LogP contribution is -2.49. The molecule has 4 aliphatic rings. The van der Waals surface area contributed by atoms with Crippen LogP contribution in [-0.4, -0.2) is 104 Å². The van der Waals surface area contributed by atoms with Crippen LogP contribution in [0.3, 0.4) is 0 Å². The van der Waals surface area contributed by atoms with Gasteiger partial charge in [0.1, 0.15) is 65.9 Å². The summed E-state index contributed by atoms with van der Waals surface area (Å²) in [5, 5.41) is 2.76. The average Bonchev–Trinajstić information content (AvgIpc) is 4.00. The number of ether oxygens (including phenoxy) is 8. The van der Waals surface area contributed by atoms with Crippen LogP contribution in [0.4, 0.5) is 9.59 Å². The molecule has 12 atom stereocenters. The first kappa shape index (κ1) is 55.3. The molecule has 15 nitrogen and oxygen atoms in total. The number of esters is 3. The lowest BCUT2D eigenvalue weighted by molar-refractivity contribution is -0.178. The number of nitrogens with one attached hydrogen (secondary N) is 1. The maximum atomic E-state index is 14.7. The Labute approximate surface area is 422 Å². The largest absolute Gasteiger partial charge is 0.497 e. The van der Waals surface area contributed by atoms with Crippen molar-refractivity contribution in [3.05, 3.63) is 60.2 Å². The summed E-state index contributed by atoms with van der Waals surface area (Å²) >= 11 is 0. The molecule has 71 heavy (non-hydrogen) atoms. The predicted molar refractivity (Wildman–Crippen MR) is 266 cm³/mol.